The molecule has 4 aromatic carbocycles. The van der Waals surface area contributed by atoms with Gasteiger partial charge in [0.15, 0.2) is 0 Å². The standard InChI is InChI=1S/C25H19N3O9S3/c1-4-18(29)26-38(32,33)23-16-12-10-14-8-7-9-15-11-13-17(22(16)21(14)15)24(39(34,35)27-19(30)5-2)25(23)40(36,37)28-20(31)6-3/h4-13H,1-3H2,(H,26,29)(H,27,30)(H,28,31). The highest BCUT2D eigenvalue weighted by molar-refractivity contribution is 7.95. The second-order valence-electron chi connectivity index (χ2n) is 8.19. The van der Waals surface area contributed by atoms with Crippen molar-refractivity contribution in [1.29, 1.82) is 0 Å². The maximum atomic E-state index is 13.7. The maximum absolute atomic E-state index is 13.7. The van der Waals surface area contributed by atoms with E-state index >= 15 is 0 Å². The highest BCUT2D eigenvalue weighted by atomic mass is 32.2. The van der Waals surface area contributed by atoms with Gasteiger partial charge in [-0.15, -0.1) is 0 Å². The summed E-state index contributed by atoms with van der Waals surface area (Å²) in [5, 5.41) is 0.886. The Labute approximate surface area is 228 Å². The van der Waals surface area contributed by atoms with Crippen molar-refractivity contribution in [3.8, 4) is 0 Å². The molecule has 206 valence electrons. The van der Waals surface area contributed by atoms with Crippen molar-refractivity contribution in [2.75, 3.05) is 0 Å². The van der Waals surface area contributed by atoms with Crippen LogP contribution in [0.25, 0.3) is 32.3 Å². The van der Waals surface area contributed by atoms with E-state index < -0.39 is 62.5 Å². The summed E-state index contributed by atoms with van der Waals surface area (Å²) in [4.78, 5) is 32.5. The summed E-state index contributed by atoms with van der Waals surface area (Å²) in [5.74, 6) is -3.83. The molecule has 0 aromatic heterocycles. The van der Waals surface area contributed by atoms with Crippen molar-refractivity contribution in [3.63, 3.8) is 0 Å². The minimum atomic E-state index is -5.36. The fraction of sp³-hybridized carbons (Fsp3) is 0. The molecule has 0 aliphatic heterocycles. The highest BCUT2D eigenvalue weighted by Crippen LogP contribution is 2.44. The molecule has 0 atom stereocenters. The van der Waals surface area contributed by atoms with E-state index in [1.807, 2.05) is 0 Å². The van der Waals surface area contributed by atoms with Crippen molar-refractivity contribution < 1.29 is 39.6 Å². The molecule has 0 fully saturated rings. The first-order valence-electron chi connectivity index (χ1n) is 11.0. The van der Waals surface area contributed by atoms with E-state index in [0.29, 0.717) is 34.4 Å². The second-order valence-corrected chi connectivity index (χ2v) is 13.0. The number of hydrogen-bond donors (Lipinski definition) is 3. The van der Waals surface area contributed by atoms with E-state index in [9.17, 15) is 39.6 Å². The lowest BCUT2D eigenvalue weighted by Crippen LogP contribution is -2.37. The van der Waals surface area contributed by atoms with E-state index in [4.69, 9.17) is 0 Å². The molecule has 4 aromatic rings. The molecular formula is C25H19N3O9S3. The Morgan fingerprint density at radius 3 is 1.23 bits per heavy atom. The summed E-state index contributed by atoms with van der Waals surface area (Å²) in [5.41, 5.74) is 0. The molecule has 15 heteroatoms. The molecule has 0 saturated heterocycles. The van der Waals surface area contributed by atoms with Gasteiger partial charge in [0.05, 0.1) is 0 Å². The first-order chi connectivity index (χ1) is 18.7. The summed E-state index contributed by atoms with van der Waals surface area (Å²) < 4.78 is 86.7. The zero-order valence-electron chi connectivity index (χ0n) is 20.3. The Kier molecular flexibility index (Phi) is 7.00. The van der Waals surface area contributed by atoms with Crippen LogP contribution >= 0.6 is 0 Å². The Balaban J connectivity index is 2.40. The number of nitrogens with one attached hydrogen (secondary N) is 3. The molecule has 0 bridgehead atoms. The normalized spacial score (nSPS) is 12.2. The summed E-state index contributed by atoms with van der Waals surface area (Å²) >= 11 is 0. The summed E-state index contributed by atoms with van der Waals surface area (Å²) in [6, 6.07) is 10.5. The molecule has 0 saturated carbocycles. The number of amides is 3. The van der Waals surface area contributed by atoms with Crippen LogP contribution in [-0.4, -0.2) is 43.0 Å². The zero-order chi connectivity index (χ0) is 29.6. The van der Waals surface area contributed by atoms with Crippen molar-refractivity contribution >= 4 is 80.1 Å². The number of benzene rings is 4. The average Bonchev–Trinajstić information content (AvgIpc) is 2.89. The molecule has 3 N–H and O–H groups in total. The molecule has 12 nitrogen and oxygen atoms in total. The largest absolute Gasteiger partial charge is 0.269 e. The molecule has 0 unspecified atom stereocenters. The van der Waals surface area contributed by atoms with Crippen molar-refractivity contribution in [2.24, 2.45) is 0 Å². The lowest BCUT2D eigenvalue weighted by atomic mass is 9.94. The van der Waals surface area contributed by atoms with Gasteiger partial charge in [-0.3, -0.25) is 14.4 Å². The number of carbonyl (C=O) groups is 3. The van der Waals surface area contributed by atoms with Gasteiger partial charge >= 0.3 is 0 Å². The monoisotopic (exact) mass is 601 g/mol. The molecule has 0 heterocycles. The number of rotatable bonds is 9. The smallest absolute Gasteiger partial charge is 0.267 e. The van der Waals surface area contributed by atoms with Gasteiger partial charge in [0.2, 0.25) is 0 Å². The van der Waals surface area contributed by atoms with E-state index in [2.05, 4.69) is 19.7 Å². The van der Waals surface area contributed by atoms with Gasteiger partial charge in [-0.2, -0.15) is 0 Å². The van der Waals surface area contributed by atoms with Gasteiger partial charge in [0.1, 0.15) is 14.7 Å². The maximum Gasteiger partial charge on any atom is 0.267 e. The van der Waals surface area contributed by atoms with Crippen LogP contribution in [0.3, 0.4) is 0 Å². The van der Waals surface area contributed by atoms with Crippen molar-refractivity contribution in [2.45, 2.75) is 14.7 Å². The molecule has 4 rings (SSSR count). The van der Waals surface area contributed by atoms with Gasteiger partial charge in [0, 0.05) is 16.2 Å². The molecule has 0 spiro atoms. The number of carbonyl (C=O) groups excluding carboxylic acids is 3. The predicted octanol–water partition coefficient (Wildman–Crippen LogP) is 1.56. The topological polar surface area (TPSA) is 190 Å². The number of hydrogen-bond acceptors (Lipinski definition) is 9. The van der Waals surface area contributed by atoms with Gasteiger partial charge in [-0.05, 0) is 34.4 Å². The first-order valence-corrected chi connectivity index (χ1v) is 15.4. The van der Waals surface area contributed by atoms with E-state index in [1.165, 1.54) is 24.3 Å². The van der Waals surface area contributed by atoms with Crippen LogP contribution in [-0.2, 0) is 44.5 Å². The van der Waals surface area contributed by atoms with Gasteiger partial charge in [-0.1, -0.05) is 62.2 Å². The van der Waals surface area contributed by atoms with Crippen LogP contribution in [0.2, 0.25) is 0 Å². The van der Waals surface area contributed by atoms with E-state index in [0.717, 1.165) is 0 Å². The zero-order valence-corrected chi connectivity index (χ0v) is 22.7. The Hall–Kier alpha value is -4.60. The third-order valence-electron chi connectivity index (χ3n) is 5.75. The average molecular weight is 602 g/mol. The molecule has 0 aliphatic rings. The van der Waals surface area contributed by atoms with E-state index in [-0.39, 0.29) is 16.2 Å². The van der Waals surface area contributed by atoms with Crippen molar-refractivity contribution in [3.05, 3.63) is 80.4 Å². The minimum Gasteiger partial charge on any atom is -0.269 e. The molecular weight excluding hydrogens is 582 g/mol. The lowest BCUT2D eigenvalue weighted by molar-refractivity contribution is -0.115. The van der Waals surface area contributed by atoms with Gasteiger partial charge in [-0.25, -0.2) is 39.4 Å². The van der Waals surface area contributed by atoms with E-state index in [1.54, 1.807) is 32.4 Å². The molecule has 3 amide bonds. The van der Waals surface area contributed by atoms with Gasteiger partial charge in [0.25, 0.3) is 47.8 Å². The van der Waals surface area contributed by atoms with Crippen LogP contribution in [0, 0.1) is 0 Å². The van der Waals surface area contributed by atoms with Crippen LogP contribution < -0.4 is 14.2 Å². The fourth-order valence-electron chi connectivity index (χ4n) is 4.26. The second kappa shape index (κ2) is 9.86. The molecule has 0 radical (unpaired) electrons. The van der Waals surface area contributed by atoms with Gasteiger partial charge < -0.3 is 0 Å². The SMILES string of the molecule is C=CC(=O)NS(=O)(=O)c1c(S(=O)(=O)NC(=O)C=C)c2ccc3cccc4ccc(c1S(=O)(=O)NC(=O)C=C)c2c34. The first kappa shape index (κ1) is 28.4. The Morgan fingerprint density at radius 1 is 0.525 bits per heavy atom. The summed E-state index contributed by atoms with van der Waals surface area (Å²) in [6.45, 7) is 9.49. The third-order valence-corrected chi connectivity index (χ3v) is 10.3. The predicted molar refractivity (Wildman–Crippen MR) is 147 cm³/mol. The molecule has 40 heavy (non-hydrogen) atoms. The molecule has 0 aliphatic carbocycles. The Morgan fingerprint density at radius 2 is 0.875 bits per heavy atom. The van der Waals surface area contributed by atoms with Crippen LogP contribution in [0.4, 0.5) is 0 Å². The minimum absolute atomic E-state index is 0.00227. The number of sulfonamides is 3. The lowest BCUT2D eigenvalue weighted by Gasteiger charge is -2.22. The summed E-state index contributed by atoms with van der Waals surface area (Å²) in [6.07, 6.45) is 1.76. The quantitative estimate of drug-likeness (QED) is 0.189. The van der Waals surface area contributed by atoms with Crippen LogP contribution in [0.1, 0.15) is 0 Å². The highest BCUT2D eigenvalue weighted by Gasteiger charge is 2.40. The third kappa shape index (κ3) is 4.70. The Bertz CT molecular complexity index is 2010. The fourth-order valence-corrected chi connectivity index (χ4v) is 9.31. The van der Waals surface area contributed by atoms with Crippen molar-refractivity contribution in [1.82, 2.24) is 14.2 Å². The van der Waals surface area contributed by atoms with Crippen LogP contribution in [0.15, 0.2) is 95.1 Å². The van der Waals surface area contributed by atoms with Crippen LogP contribution in [0.5, 0.6) is 0 Å². The summed E-state index contributed by atoms with van der Waals surface area (Å²) in [7, 11) is -15.7.